The number of allylic oxidation sites excluding steroid dienone is 9. The topological polar surface area (TPSA) is 63.6 Å². The van der Waals surface area contributed by atoms with Crippen molar-refractivity contribution in [2.45, 2.75) is 93.3 Å². The summed E-state index contributed by atoms with van der Waals surface area (Å²) in [7, 11) is 0. The van der Waals surface area contributed by atoms with Crippen molar-refractivity contribution in [2.75, 3.05) is 0 Å². The lowest BCUT2D eigenvalue weighted by Crippen LogP contribution is -2.34. The van der Waals surface area contributed by atoms with Crippen molar-refractivity contribution >= 4 is 11.8 Å². The second-order valence-electron chi connectivity index (χ2n) is 10.4. The molecule has 4 heteroatoms. The van der Waals surface area contributed by atoms with Crippen molar-refractivity contribution in [1.29, 1.82) is 0 Å². The molecule has 0 bridgehead atoms. The molecule has 1 heterocycles. The van der Waals surface area contributed by atoms with E-state index in [1.165, 1.54) is 17.2 Å². The molecule has 1 rings (SSSR count). The maximum absolute atomic E-state index is 12.9. The van der Waals surface area contributed by atoms with Crippen LogP contribution < -0.4 is 0 Å². The monoisotopic (exact) mass is 496 g/mol. The van der Waals surface area contributed by atoms with E-state index >= 15 is 0 Å². The van der Waals surface area contributed by atoms with E-state index in [1.807, 2.05) is 52.8 Å². The van der Waals surface area contributed by atoms with Crippen LogP contribution in [-0.2, 0) is 14.3 Å². The van der Waals surface area contributed by atoms with E-state index in [1.54, 1.807) is 0 Å². The number of aliphatic hydroxyl groups is 1. The number of ether oxygens (including phenoxy) is 1. The molecule has 36 heavy (non-hydrogen) atoms. The van der Waals surface area contributed by atoms with Crippen LogP contribution in [0, 0.1) is 23.7 Å². The molecular weight excluding hydrogens is 448 g/mol. The highest BCUT2D eigenvalue weighted by atomic mass is 16.5. The van der Waals surface area contributed by atoms with Gasteiger partial charge in [0.1, 0.15) is 11.9 Å². The van der Waals surface area contributed by atoms with Crippen LogP contribution in [-0.4, -0.2) is 29.1 Å². The van der Waals surface area contributed by atoms with Gasteiger partial charge in [-0.1, -0.05) is 93.9 Å². The molecule has 0 aromatic rings. The fourth-order valence-electron chi connectivity index (χ4n) is 4.43. The SMILES string of the molecule is C/C=C(\C)C[C@@H](C)[C@H](O)[C@H](C)C(=O)[C@@H](C)/C=C(C)/C=C/C[C@H](C)/C=C(\C=C\[C@@H]1CC=CC(=O)O1)CC. The highest BCUT2D eigenvalue weighted by Gasteiger charge is 2.29. The predicted molar refractivity (Wildman–Crippen MR) is 150 cm³/mol. The van der Waals surface area contributed by atoms with E-state index in [0.29, 0.717) is 5.92 Å². The summed E-state index contributed by atoms with van der Waals surface area (Å²) in [5, 5.41) is 10.7. The molecule has 0 aromatic carbocycles. The Balaban J connectivity index is 2.64. The number of carbonyl (C=O) groups is 2. The van der Waals surface area contributed by atoms with Crippen molar-refractivity contribution in [3.05, 3.63) is 71.4 Å². The normalized spacial score (nSPS) is 22.0. The molecular formula is C32H48O4. The lowest BCUT2D eigenvalue weighted by Gasteiger charge is -2.25. The third-order valence-electron chi connectivity index (χ3n) is 6.85. The minimum absolute atomic E-state index is 0.0456. The molecule has 0 saturated heterocycles. The number of carbonyl (C=O) groups excluding carboxylic acids is 2. The van der Waals surface area contributed by atoms with Gasteiger partial charge in [0.05, 0.1) is 6.10 Å². The Bertz CT molecular complexity index is 899. The van der Waals surface area contributed by atoms with E-state index in [-0.39, 0.29) is 29.7 Å². The van der Waals surface area contributed by atoms with Crippen molar-refractivity contribution in [3.63, 3.8) is 0 Å². The molecule has 0 unspecified atom stereocenters. The van der Waals surface area contributed by atoms with Gasteiger partial charge in [-0.3, -0.25) is 4.79 Å². The van der Waals surface area contributed by atoms with Crippen LogP contribution in [0.4, 0.5) is 0 Å². The van der Waals surface area contributed by atoms with Gasteiger partial charge in [-0.15, -0.1) is 0 Å². The molecule has 6 atom stereocenters. The molecule has 0 spiro atoms. The number of cyclic esters (lactones) is 1. The quantitative estimate of drug-likeness (QED) is 0.154. The van der Waals surface area contributed by atoms with Gasteiger partial charge in [0.15, 0.2) is 0 Å². The van der Waals surface area contributed by atoms with E-state index in [4.69, 9.17) is 4.74 Å². The number of rotatable bonds is 14. The van der Waals surface area contributed by atoms with Crippen LogP contribution in [0.1, 0.15) is 81.1 Å². The number of ketones is 1. The second-order valence-corrected chi connectivity index (χ2v) is 10.4. The molecule has 1 N–H and O–H groups in total. The van der Waals surface area contributed by atoms with Gasteiger partial charge in [-0.25, -0.2) is 4.79 Å². The Kier molecular flexibility index (Phi) is 14.3. The third kappa shape index (κ3) is 11.5. The average molecular weight is 497 g/mol. The first-order valence-electron chi connectivity index (χ1n) is 13.4. The van der Waals surface area contributed by atoms with Crippen LogP contribution >= 0.6 is 0 Å². The maximum atomic E-state index is 12.9. The zero-order valence-corrected chi connectivity index (χ0v) is 23.7. The average Bonchev–Trinajstić information content (AvgIpc) is 2.84. The highest BCUT2D eigenvalue weighted by Crippen LogP contribution is 2.24. The summed E-state index contributed by atoms with van der Waals surface area (Å²) in [6.45, 7) is 16.1. The van der Waals surface area contributed by atoms with Crippen LogP contribution in [0.15, 0.2) is 71.4 Å². The molecule has 1 aliphatic heterocycles. The summed E-state index contributed by atoms with van der Waals surface area (Å²) in [5.41, 5.74) is 3.50. The minimum atomic E-state index is -0.643. The number of esters is 1. The fraction of sp³-hybridized carbons (Fsp3) is 0.562. The first-order chi connectivity index (χ1) is 17.0. The van der Waals surface area contributed by atoms with Gasteiger partial charge in [-0.05, 0) is 57.9 Å². The van der Waals surface area contributed by atoms with E-state index in [2.05, 4.69) is 51.2 Å². The summed E-state index contributed by atoms with van der Waals surface area (Å²) in [6.07, 6.45) is 20.4. The number of aliphatic hydroxyl groups excluding tert-OH is 1. The van der Waals surface area contributed by atoms with Gasteiger partial charge in [0.2, 0.25) is 0 Å². The molecule has 0 aromatic heterocycles. The number of hydrogen-bond acceptors (Lipinski definition) is 4. The second kappa shape index (κ2) is 16.3. The Morgan fingerprint density at radius 2 is 1.86 bits per heavy atom. The van der Waals surface area contributed by atoms with E-state index in [0.717, 1.165) is 31.3 Å². The largest absolute Gasteiger partial charge is 0.455 e. The number of hydrogen-bond donors (Lipinski definition) is 1. The van der Waals surface area contributed by atoms with Crippen LogP contribution in [0.5, 0.6) is 0 Å². The number of Topliss-reactive ketones (excluding diaryl/α,β-unsaturated/α-hetero) is 1. The van der Waals surface area contributed by atoms with Gasteiger partial charge in [-0.2, -0.15) is 0 Å². The first-order valence-corrected chi connectivity index (χ1v) is 13.4. The molecule has 200 valence electrons. The summed E-state index contributed by atoms with van der Waals surface area (Å²) in [5.74, 6) is -0.438. The molecule has 0 saturated carbocycles. The van der Waals surface area contributed by atoms with Crippen LogP contribution in [0.2, 0.25) is 0 Å². The van der Waals surface area contributed by atoms with Crippen molar-refractivity contribution in [2.24, 2.45) is 23.7 Å². The van der Waals surface area contributed by atoms with Crippen molar-refractivity contribution in [1.82, 2.24) is 0 Å². The molecule has 0 radical (unpaired) electrons. The summed E-state index contributed by atoms with van der Waals surface area (Å²) >= 11 is 0. The third-order valence-corrected chi connectivity index (χ3v) is 6.85. The molecule has 4 nitrogen and oxygen atoms in total. The molecule has 1 aliphatic rings. The predicted octanol–water partition coefficient (Wildman–Crippen LogP) is 7.47. The molecule has 0 fully saturated rings. The van der Waals surface area contributed by atoms with Gasteiger partial charge < -0.3 is 9.84 Å². The zero-order valence-electron chi connectivity index (χ0n) is 23.7. The Morgan fingerprint density at radius 1 is 1.17 bits per heavy atom. The summed E-state index contributed by atoms with van der Waals surface area (Å²) < 4.78 is 5.29. The Hall–Kier alpha value is -2.46. The van der Waals surface area contributed by atoms with Crippen molar-refractivity contribution < 1.29 is 19.4 Å². The van der Waals surface area contributed by atoms with Crippen LogP contribution in [0.3, 0.4) is 0 Å². The Labute approximate surface area is 219 Å². The van der Waals surface area contributed by atoms with Crippen LogP contribution in [0.25, 0.3) is 0 Å². The standard InChI is InChI=1S/C32H48O4/c1-9-22(3)19-25(6)31(34)27(8)32(35)26(7)20-23(4)13-11-14-24(5)21-28(10-2)17-18-29-15-12-16-30(33)36-29/h9,11-13,16-18,20-21,24-27,29,31,34H,10,14-15,19H2,1-8H3/b13-11+,18-17+,22-9+,23-20+,28-21-/t24-,25+,26-,27-,29-,31-/m0/s1. The van der Waals surface area contributed by atoms with E-state index < -0.39 is 12.0 Å². The van der Waals surface area contributed by atoms with Gasteiger partial charge >= 0.3 is 5.97 Å². The summed E-state index contributed by atoms with van der Waals surface area (Å²) in [4.78, 5) is 24.3. The van der Waals surface area contributed by atoms with Gasteiger partial charge in [0.25, 0.3) is 0 Å². The maximum Gasteiger partial charge on any atom is 0.331 e. The fourth-order valence-corrected chi connectivity index (χ4v) is 4.43. The lowest BCUT2D eigenvalue weighted by atomic mass is 9.83. The highest BCUT2D eigenvalue weighted by molar-refractivity contribution is 5.85. The first kappa shape index (κ1) is 31.6. The van der Waals surface area contributed by atoms with Crippen molar-refractivity contribution in [3.8, 4) is 0 Å². The zero-order chi connectivity index (χ0) is 27.3. The summed E-state index contributed by atoms with van der Waals surface area (Å²) in [6, 6.07) is 0. The molecule has 0 aliphatic carbocycles. The lowest BCUT2D eigenvalue weighted by molar-refractivity contribution is -0.141. The van der Waals surface area contributed by atoms with Gasteiger partial charge in [0, 0.05) is 24.3 Å². The van der Waals surface area contributed by atoms with E-state index in [9.17, 15) is 14.7 Å². The smallest absolute Gasteiger partial charge is 0.331 e. The molecule has 0 amide bonds. The minimum Gasteiger partial charge on any atom is -0.455 e. The Morgan fingerprint density at radius 3 is 2.47 bits per heavy atom.